The molecule has 1 aromatic carbocycles. The second kappa shape index (κ2) is 5.84. The topological polar surface area (TPSA) is 76.2 Å². The third-order valence-corrected chi connectivity index (χ3v) is 3.68. The van der Waals surface area contributed by atoms with Crippen LogP contribution in [0.3, 0.4) is 0 Å². The summed E-state index contributed by atoms with van der Waals surface area (Å²) in [6.45, 7) is 0. The molecule has 0 fully saturated rings. The van der Waals surface area contributed by atoms with Crippen molar-refractivity contribution in [2.75, 3.05) is 5.75 Å². The molecule has 0 saturated carbocycles. The van der Waals surface area contributed by atoms with Crippen molar-refractivity contribution >= 4 is 28.6 Å². The zero-order chi connectivity index (χ0) is 13.0. The maximum Gasteiger partial charge on any atom is 0.321 e. The summed E-state index contributed by atoms with van der Waals surface area (Å²) in [4.78, 5) is 14.8. The summed E-state index contributed by atoms with van der Waals surface area (Å²) < 4.78 is 0. The summed E-state index contributed by atoms with van der Waals surface area (Å²) in [6, 6.07) is 9.18. The average Bonchev–Trinajstić information content (AvgIpc) is 2.38. The zero-order valence-electron chi connectivity index (χ0n) is 9.74. The van der Waals surface area contributed by atoms with Gasteiger partial charge in [0.05, 0.1) is 5.52 Å². The van der Waals surface area contributed by atoms with Gasteiger partial charge in [-0.3, -0.25) is 9.78 Å². The highest BCUT2D eigenvalue weighted by atomic mass is 32.2. The van der Waals surface area contributed by atoms with E-state index in [2.05, 4.69) is 11.1 Å². The number of rotatable bonds is 5. The molecule has 4 nitrogen and oxygen atoms in total. The number of hydrogen-bond acceptors (Lipinski definition) is 4. The van der Waals surface area contributed by atoms with Crippen molar-refractivity contribution in [2.24, 2.45) is 5.73 Å². The van der Waals surface area contributed by atoms with Crippen molar-refractivity contribution in [3.05, 3.63) is 42.1 Å². The van der Waals surface area contributed by atoms with E-state index in [0.29, 0.717) is 5.75 Å². The van der Waals surface area contributed by atoms with E-state index in [4.69, 9.17) is 10.8 Å². The van der Waals surface area contributed by atoms with Crippen LogP contribution in [0.15, 0.2) is 36.5 Å². The number of aliphatic carboxylic acids is 1. The minimum atomic E-state index is -0.954. The second-order valence-corrected chi connectivity index (χ2v) is 5.02. The Morgan fingerprint density at radius 2 is 2.28 bits per heavy atom. The van der Waals surface area contributed by atoms with E-state index in [9.17, 15) is 4.79 Å². The fourth-order valence-electron chi connectivity index (χ4n) is 1.59. The Labute approximate surface area is 109 Å². The van der Waals surface area contributed by atoms with Gasteiger partial charge in [-0.25, -0.2) is 0 Å². The third kappa shape index (κ3) is 3.21. The van der Waals surface area contributed by atoms with E-state index in [1.54, 1.807) is 6.20 Å². The lowest BCUT2D eigenvalue weighted by Gasteiger charge is -2.06. The number of carboxylic acids is 1. The summed E-state index contributed by atoms with van der Waals surface area (Å²) >= 11 is 1.53. The SMILES string of the molecule is N[C@H](CSCc1ccc2ncccc2c1)C(=O)O. The number of nitrogens with zero attached hydrogens (tertiary/aromatic N) is 1. The predicted molar refractivity (Wildman–Crippen MR) is 73.5 cm³/mol. The molecule has 18 heavy (non-hydrogen) atoms. The van der Waals surface area contributed by atoms with Crippen LogP contribution in [0.2, 0.25) is 0 Å². The Kier molecular flexibility index (Phi) is 4.17. The number of nitrogens with two attached hydrogens (primary N) is 1. The van der Waals surface area contributed by atoms with Crippen molar-refractivity contribution in [2.45, 2.75) is 11.8 Å². The molecule has 0 bridgehead atoms. The van der Waals surface area contributed by atoms with Gasteiger partial charge in [0.2, 0.25) is 0 Å². The number of fused-ring (bicyclic) bond motifs is 1. The van der Waals surface area contributed by atoms with Gasteiger partial charge in [-0.2, -0.15) is 11.8 Å². The minimum Gasteiger partial charge on any atom is -0.480 e. The fourth-order valence-corrected chi connectivity index (χ4v) is 2.52. The molecule has 1 heterocycles. The number of aromatic nitrogens is 1. The second-order valence-electron chi connectivity index (χ2n) is 3.99. The van der Waals surface area contributed by atoms with E-state index < -0.39 is 12.0 Å². The van der Waals surface area contributed by atoms with Crippen LogP contribution in [-0.4, -0.2) is 27.9 Å². The Morgan fingerprint density at radius 1 is 1.44 bits per heavy atom. The molecular weight excluding hydrogens is 248 g/mol. The Bertz CT molecular complexity index is 559. The number of benzene rings is 1. The summed E-state index contributed by atoms with van der Waals surface area (Å²) in [5, 5.41) is 9.77. The molecule has 0 amide bonds. The minimum absolute atomic E-state index is 0.417. The van der Waals surface area contributed by atoms with E-state index in [1.807, 2.05) is 24.3 Å². The van der Waals surface area contributed by atoms with Gasteiger partial charge in [-0.1, -0.05) is 12.1 Å². The Balaban J connectivity index is 1.98. The van der Waals surface area contributed by atoms with Crippen LogP contribution in [0.4, 0.5) is 0 Å². The van der Waals surface area contributed by atoms with Crippen LogP contribution >= 0.6 is 11.8 Å². The maximum absolute atomic E-state index is 10.6. The Hall–Kier alpha value is -1.59. The summed E-state index contributed by atoms with van der Waals surface area (Å²) in [7, 11) is 0. The average molecular weight is 262 g/mol. The highest BCUT2D eigenvalue weighted by Crippen LogP contribution is 2.18. The van der Waals surface area contributed by atoms with Gasteiger partial charge in [0.15, 0.2) is 0 Å². The number of thioether (sulfide) groups is 1. The lowest BCUT2D eigenvalue weighted by Crippen LogP contribution is -2.32. The zero-order valence-corrected chi connectivity index (χ0v) is 10.6. The smallest absolute Gasteiger partial charge is 0.321 e. The number of hydrogen-bond donors (Lipinski definition) is 2. The molecule has 1 aromatic heterocycles. The highest BCUT2D eigenvalue weighted by molar-refractivity contribution is 7.98. The normalized spacial score (nSPS) is 12.5. The molecule has 0 aliphatic rings. The fraction of sp³-hybridized carbons (Fsp3) is 0.231. The number of pyridine rings is 1. The summed E-state index contributed by atoms with van der Waals surface area (Å²) in [5.74, 6) is 0.219. The van der Waals surface area contributed by atoms with E-state index in [0.717, 1.165) is 22.2 Å². The summed E-state index contributed by atoms with van der Waals surface area (Å²) in [5.41, 5.74) is 7.56. The Morgan fingerprint density at radius 3 is 3.06 bits per heavy atom. The largest absolute Gasteiger partial charge is 0.480 e. The molecular formula is C13H14N2O2S. The monoisotopic (exact) mass is 262 g/mol. The predicted octanol–water partition coefficient (Wildman–Crippen LogP) is 1.88. The van der Waals surface area contributed by atoms with E-state index in [1.165, 1.54) is 11.8 Å². The molecule has 0 saturated heterocycles. The third-order valence-electron chi connectivity index (χ3n) is 2.55. The van der Waals surface area contributed by atoms with E-state index in [-0.39, 0.29) is 0 Å². The molecule has 1 atom stereocenters. The van der Waals surface area contributed by atoms with Crippen LogP contribution in [0.25, 0.3) is 10.9 Å². The molecule has 5 heteroatoms. The van der Waals surface area contributed by atoms with E-state index >= 15 is 0 Å². The lowest BCUT2D eigenvalue weighted by molar-refractivity contribution is -0.137. The van der Waals surface area contributed by atoms with Crippen LogP contribution in [0, 0.1) is 0 Å². The molecule has 0 unspecified atom stereocenters. The van der Waals surface area contributed by atoms with Gasteiger partial charge in [0, 0.05) is 23.1 Å². The molecule has 0 spiro atoms. The first-order valence-electron chi connectivity index (χ1n) is 5.56. The summed E-state index contributed by atoms with van der Waals surface area (Å²) in [6.07, 6.45) is 1.77. The quantitative estimate of drug-likeness (QED) is 0.860. The van der Waals surface area contributed by atoms with Gasteiger partial charge in [0.25, 0.3) is 0 Å². The van der Waals surface area contributed by atoms with Crippen molar-refractivity contribution < 1.29 is 9.90 Å². The highest BCUT2D eigenvalue weighted by Gasteiger charge is 2.10. The van der Waals surface area contributed by atoms with Gasteiger partial charge in [-0.05, 0) is 23.8 Å². The first-order valence-corrected chi connectivity index (χ1v) is 6.72. The number of carboxylic acid groups (broad SMARTS) is 1. The lowest BCUT2D eigenvalue weighted by atomic mass is 10.1. The van der Waals surface area contributed by atoms with Crippen LogP contribution in [-0.2, 0) is 10.5 Å². The number of carbonyl (C=O) groups is 1. The van der Waals surface area contributed by atoms with Crippen molar-refractivity contribution in [1.82, 2.24) is 4.98 Å². The molecule has 2 aromatic rings. The maximum atomic E-state index is 10.6. The van der Waals surface area contributed by atoms with Gasteiger partial charge in [-0.15, -0.1) is 0 Å². The van der Waals surface area contributed by atoms with Gasteiger partial charge in [0.1, 0.15) is 6.04 Å². The van der Waals surface area contributed by atoms with Crippen LogP contribution in [0.1, 0.15) is 5.56 Å². The van der Waals surface area contributed by atoms with Crippen molar-refractivity contribution in [1.29, 1.82) is 0 Å². The molecule has 2 rings (SSSR count). The molecule has 3 N–H and O–H groups in total. The molecule has 0 aliphatic heterocycles. The first-order chi connectivity index (χ1) is 8.66. The van der Waals surface area contributed by atoms with Gasteiger partial charge >= 0.3 is 5.97 Å². The molecule has 94 valence electrons. The van der Waals surface area contributed by atoms with Crippen LogP contribution in [0.5, 0.6) is 0 Å². The van der Waals surface area contributed by atoms with Crippen molar-refractivity contribution in [3.63, 3.8) is 0 Å². The van der Waals surface area contributed by atoms with Crippen LogP contribution < -0.4 is 5.73 Å². The first kappa shape index (κ1) is 12.9. The molecule has 0 radical (unpaired) electrons. The standard InChI is InChI=1S/C13H14N2O2S/c14-11(13(16)17)8-18-7-9-3-4-12-10(6-9)2-1-5-15-12/h1-6,11H,7-8,14H2,(H,16,17)/t11-/m1/s1. The molecule has 0 aliphatic carbocycles. The van der Waals surface area contributed by atoms with Crippen molar-refractivity contribution in [3.8, 4) is 0 Å². The van der Waals surface area contributed by atoms with Gasteiger partial charge < -0.3 is 10.8 Å².